The van der Waals surface area contributed by atoms with E-state index in [4.69, 9.17) is 4.74 Å². The normalized spacial score (nSPS) is 22.0. The maximum atomic E-state index is 10.8. The average molecular weight is 275 g/mol. The van der Waals surface area contributed by atoms with E-state index in [1.54, 1.807) is 18.4 Å². The van der Waals surface area contributed by atoms with E-state index in [-0.39, 0.29) is 0 Å². The molecule has 2 aromatic rings. The van der Waals surface area contributed by atoms with Crippen molar-refractivity contribution in [2.24, 2.45) is 0 Å². The second-order valence-corrected chi connectivity index (χ2v) is 6.15. The Morgan fingerprint density at radius 3 is 3.05 bits per heavy atom. The third-order valence-electron chi connectivity index (χ3n) is 3.78. The highest BCUT2D eigenvalue weighted by Crippen LogP contribution is 2.33. The number of thiazole rings is 1. The molecule has 1 aliphatic rings. The lowest BCUT2D eigenvalue weighted by Gasteiger charge is -2.33. The first kappa shape index (κ1) is 12.6. The summed E-state index contributed by atoms with van der Waals surface area (Å²) in [6.45, 7) is 0. The molecule has 100 valence electrons. The zero-order valence-corrected chi connectivity index (χ0v) is 11.7. The quantitative estimate of drug-likeness (QED) is 0.936. The highest BCUT2D eigenvalue weighted by Gasteiger charge is 2.32. The van der Waals surface area contributed by atoms with Gasteiger partial charge in [0.1, 0.15) is 5.75 Å². The van der Waals surface area contributed by atoms with Gasteiger partial charge in [0.2, 0.25) is 0 Å². The van der Waals surface area contributed by atoms with E-state index < -0.39 is 5.60 Å². The van der Waals surface area contributed by atoms with Crippen molar-refractivity contribution >= 4 is 11.3 Å². The standard InChI is InChI=1S/C15H17NO2S/c1-18-13-3-2-11-4-5-15(17,7-12(11)6-13)8-14-9-16-10-19-14/h2-3,6,9-10,17H,4-5,7-8H2,1H3. The van der Waals surface area contributed by atoms with E-state index in [0.29, 0.717) is 12.8 Å². The van der Waals surface area contributed by atoms with E-state index in [2.05, 4.69) is 11.1 Å². The van der Waals surface area contributed by atoms with Gasteiger partial charge in [-0.2, -0.15) is 0 Å². The Labute approximate surface area is 116 Å². The molecule has 0 aliphatic heterocycles. The first-order chi connectivity index (χ1) is 9.18. The van der Waals surface area contributed by atoms with Gasteiger partial charge < -0.3 is 9.84 Å². The average Bonchev–Trinajstić information content (AvgIpc) is 2.90. The molecule has 0 spiro atoms. The fourth-order valence-corrected chi connectivity index (χ4v) is 3.48. The lowest BCUT2D eigenvalue weighted by molar-refractivity contribution is 0.0274. The minimum absolute atomic E-state index is 0.647. The summed E-state index contributed by atoms with van der Waals surface area (Å²) in [5.41, 5.74) is 3.71. The van der Waals surface area contributed by atoms with Crippen molar-refractivity contribution in [2.45, 2.75) is 31.3 Å². The summed E-state index contributed by atoms with van der Waals surface area (Å²) in [4.78, 5) is 5.22. The SMILES string of the molecule is COc1ccc2c(c1)CC(O)(Cc1cncs1)CC2. The van der Waals surface area contributed by atoms with Crippen LogP contribution in [0.4, 0.5) is 0 Å². The predicted octanol–water partition coefficient (Wildman–Crippen LogP) is 2.61. The molecular weight excluding hydrogens is 258 g/mol. The summed E-state index contributed by atoms with van der Waals surface area (Å²) in [6, 6.07) is 6.15. The summed E-state index contributed by atoms with van der Waals surface area (Å²) in [5, 5.41) is 10.8. The summed E-state index contributed by atoms with van der Waals surface area (Å²) >= 11 is 1.61. The van der Waals surface area contributed by atoms with Crippen LogP contribution in [0.25, 0.3) is 0 Å². The zero-order valence-electron chi connectivity index (χ0n) is 10.9. The molecule has 1 aliphatic carbocycles. The van der Waals surface area contributed by atoms with Crippen LogP contribution in [-0.2, 0) is 19.3 Å². The largest absolute Gasteiger partial charge is 0.497 e. The molecule has 1 aromatic heterocycles. The van der Waals surface area contributed by atoms with Crippen molar-refractivity contribution in [3.63, 3.8) is 0 Å². The molecule has 0 fully saturated rings. The van der Waals surface area contributed by atoms with Crippen LogP contribution in [0.15, 0.2) is 29.9 Å². The monoisotopic (exact) mass is 275 g/mol. The van der Waals surface area contributed by atoms with Crippen LogP contribution in [-0.4, -0.2) is 22.8 Å². The molecule has 1 aromatic carbocycles. The van der Waals surface area contributed by atoms with Gasteiger partial charge in [-0.15, -0.1) is 11.3 Å². The van der Waals surface area contributed by atoms with Crippen LogP contribution >= 0.6 is 11.3 Å². The number of aliphatic hydroxyl groups is 1. The minimum atomic E-state index is -0.647. The van der Waals surface area contributed by atoms with Gasteiger partial charge in [-0.25, -0.2) is 0 Å². The fraction of sp³-hybridized carbons (Fsp3) is 0.400. The number of rotatable bonds is 3. The van der Waals surface area contributed by atoms with Gasteiger partial charge in [0.05, 0.1) is 18.2 Å². The number of benzene rings is 1. The maximum Gasteiger partial charge on any atom is 0.119 e. The minimum Gasteiger partial charge on any atom is -0.497 e. The number of hydrogen-bond donors (Lipinski definition) is 1. The summed E-state index contributed by atoms with van der Waals surface area (Å²) in [7, 11) is 1.67. The summed E-state index contributed by atoms with van der Waals surface area (Å²) < 4.78 is 5.26. The molecule has 1 heterocycles. The van der Waals surface area contributed by atoms with Crippen LogP contribution < -0.4 is 4.74 Å². The van der Waals surface area contributed by atoms with Gasteiger partial charge in [0, 0.05) is 23.9 Å². The molecule has 0 saturated heterocycles. The second kappa shape index (κ2) is 4.94. The number of ether oxygens (including phenoxy) is 1. The molecule has 3 rings (SSSR count). The van der Waals surface area contributed by atoms with Crippen LogP contribution in [0.5, 0.6) is 5.75 Å². The first-order valence-electron chi connectivity index (χ1n) is 6.44. The fourth-order valence-electron chi connectivity index (χ4n) is 2.75. The van der Waals surface area contributed by atoms with Gasteiger partial charge in [-0.1, -0.05) is 6.07 Å². The van der Waals surface area contributed by atoms with E-state index in [1.165, 1.54) is 11.1 Å². The third kappa shape index (κ3) is 2.65. The van der Waals surface area contributed by atoms with Gasteiger partial charge in [-0.3, -0.25) is 4.98 Å². The summed E-state index contributed by atoms with van der Waals surface area (Å²) in [5.74, 6) is 0.862. The molecule has 1 N–H and O–H groups in total. The topological polar surface area (TPSA) is 42.4 Å². The number of nitrogens with zero attached hydrogens (tertiary/aromatic N) is 1. The molecule has 1 unspecified atom stereocenters. The molecule has 19 heavy (non-hydrogen) atoms. The number of hydrogen-bond acceptors (Lipinski definition) is 4. The van der Waals surface area contributed by atoms with Crippen molar-refractivity contribution in [1.29, 1.82) is 0 Å². The second-order valence-electron chi connectivity index (χ2n) is 5.18. The molecule has 0 bridgehead atoms. The Bertz CT molecular complexity index is 568. The first-order valence-corrected chi connectivity index (χ1v) is 7.32. The molecule has 4 heteroatoms. The molecular formula is C15H17NO2S. The Kier molecular flexibility index (Phi) is 3.29. The number of aryl methyl sites for hydroxylation is 1. The number of fused-ring (bicyclic) bond motifs is 1. The Morgan fingerprint density at radius 1 is 1.42 bits per heavy atom. The predicted molar refractivity (Wildman–Crippen MR) is 75.8 cm³/mol. The smallest absolute Gasteiger partial charge is 0.119 e. The summed E-state index contributed by atoms with van der Waals surface area (Å²) in [6.07, 6.45) is 4.97. The van der Waals surface area contributed by atoms with Crippen LogP contribution in [0.1, 0.15) is 22.4 Å². The Hall–Kier alpha value is -1.39. The highest BCUT2D eigenvalue weighted by molar-refractivity contribution is 7.09. The van der Waals surface area contributed by atoms with Crippen LogP contribution in [0, 0.1) is 0 Å². The van der Waals surface area contributed by atoms with Crippen LogP contribution in [0.2, 0.25) is 0 Å². The number of methoxy groups -OCH3 is 1. The Balaban J connectivity index is 1.83. The highest BCUT2D eigenvalue weighted by atomic mass is 32.1. The molecule has 0 saturated carbocycles. The molecule has 1 atom stereocenters. The van der Waals surface area contributed by atoms with Crippen molar-refractivity contribution in [3.05, 3.63) is 45.9 Å². The maximum absolute atomic E-state index is 10.8. The molecule has 3 nitrogen and oxygen atoms in total. The zero-order chi connectivity index (χ0) is 13.3. The number of aromatic nitrogens is 1. The van der Waals surface area contributed by atoms with E-state index in [0.717, 1.165) is 23.5 Å². The van der Waals surface area contributed by atoms with Gasteiger partial charge in [0.15, 0.2) is 0 Å². The van der Waals surface area contributed by atoms with Gasteiger partial charge in [0.25, 0.3) is 0 Å². The molecule has 0 radical (unpaired) electrons. The Morgan fingerprint density at radius 2 is 2.32 bits per heavy atom. The lowest BCUT2D eigenvalue weighted by atomic mass is 9.78. The van der Waals surface area contributed by atoms with E-state index in [9.17, 15) is 5.11 Å². The van der Waals surface area contributed by atoms with Gasteiger partial charge in [-0.05, 0) is 36.1 Å². The van der Waals surface area contributed by atoms with Crippen molar-refractivity contribution in [3.8, 4) is 5.75 Å². The van der Waals surface area contributed by atoms with E-state index >= 15 is 0 Å². The van der Waals surface area contributed by atoms with Crippen molar-refractivity contribution in [2.75, 3.05) is 7.11 Å². The van der Waals surface area contributed by atoms with Crippen LogP contribution in [0.3, 0.4) is 0 Å². The van der Waals surface area contributed by atoms with E-state index in [1.807, 2.05) is 23.8 Å². The third-order valence-corrected chi connectivity index (χ3v) is 4.56. The van der Waals surface area contributed by atoms with Crippen molar-refractivity contribution in [1.82, 2.24) is 4.98 Å². The lowest BCUT2D eigenvalue weighted by Crippen LogP contribution is -2.37. The van der Waals surface area contributed by atoms with Gasteiger partial charge >= 0.3 is 0 Å². The van der Waals surface area contributed by atoms with Crippen molar-refractivity contribution < 1.29 is 9.84 Å². The molecule has 0 amide bonds.